The Kier molecular flexibility index (Phi) is 9.17. The lowest BCUT2D eigenvalue weighted by Gasteiger charge is -2.28. The summed E-state index contributed by atoms with van der Waals surface area (Å²) < 4.78 is 29.2. The molecule has 1 unspecified atom stereocenters. The molecule has 1 aliphatic rings. The molecule has 9 nitrogen and oxygen atoms in total. The number of nitrogens with zero attached hydrogens (tertiary/aromatic N) is 3. The van der Waals surface area contributed by atoms with Crippen molar-refractivity contribution in [3.63, 3.8) is 0 Å². The molecule has 44 heavy (non-hydrogen) atoms. The number of nitrogens with one attached hydrogen (secondary N) is 1. The number of fused-ring (bicyclic) bond motifs is 1. The number of carbonyl (C=O) groups is 2. The monoisotopic (exact) mass is 684 g/mol. The lowest BCUT2D eigenvalue weighted by Crippen LogP contribution is -2.41. The van der Waals surface area contributed by atoms with Crippen LogP contribution in [0.25, 0.3) is 5.69 Å². The second-order valence-corrected chi connectivity index (χ2v) is 11.9. The van der Waals surface area contributed by atoms with E-state index in [-0.39, 0.29) is 42.9 Å². The first-order chi connectivity index (χ1) is 21.0. The molecule has 0 spiro atoms. The fourth-order valence-corrected chi connectivity index (χ4v) is 5.62. The van der Waals surface area contributed by atoms with Gasteiger partial charge in [-0.05, 0) is 85.2 Å². The topological polar surface area (TPSA) is 94.8 Å². The maximum Gasteiger partial charge on any atom is 0.333 e. The SMILES string of the molecule is COc1ccc(C(C)NC(=O)c2c3n(c(=O)n2-c2ccc(OC(C)C)cc2)CCN(C(=O)c2ccc(Br)c(Cl)c2)C3)c(F)c1. The standard InChI is InChI=1S/C32H31BrClFN4O5/c1-18(2)44-22-8-6-21(7-9-22)39-29(30(40)36-19(3)24-11-10-23(43-4)16-27(24)35)28-17-37(13-14-38(28)32(39)42)31(41)20-5-12-25(33)26(34)15-20/h5-12,15-16,18-19H,13-14,17H2,1-4H3,(H,36,40). The summed E-state index contributed by atoms with van der Waals surface area (Å²) in [6.07, 6.45) is -0.0457. The Bertz CT molecular complexity index is 1790. The molecule has 0 aliphatic carbocycles. The van der Waals surface area contributed by atoms with Crippen LogP contribution in [-0.2, 0) is 13.1 Å². The van der Waals surface area contributed by atoms with Crippen molar-refractivity contribution in [1.82, 2.24) is 19.4 Å². The molecule has 1 aromatic heterocycles. The zero-order chi connectivity index (χ0) is 31.7. The molecule has 2 amide bonds. The number of halogens is 3. The first-order valence-electron chi connectivity index (χ1n) is 14.0. The van der Waals surface area contributed by atoms with Gasteiger partial charge in [-0.1, -0.05) is 17.7 Å². The van der Waals surface area contributed by atoms with Crippen molar-refractivity contribution in [3.05, 3.63) is 109 Å². The molecule has 0 saturated carbocycles. The Morgan fingerprint density at radius 2 is 1.70 bits per heavy atom. The summed E-state index contributed by atoms with van der Waals surface area (Å²) in [5, 5.41) is 3.24. The summed E-state index contributed by atoms with van der Waals surface area (Å²) in [6, 6.07) is 15.4. The van der Waals surface area contributed by atoms with Gasteiger partial charge in [-0.15, -0.1) is 0 Å². The van der Waals surface area contributed by atoms with Crippen molar-refractivity contribution in [3.8, 4) is 17.2 Å². The third-order valence-electron chi connectivity index (χ3n) is 7.34. The highest BCUT2D eigenvalue weighted by molar-refractivity contribution is 9.10. The molecule has 0 saturated heterocycles. The molecule has 1 N–H and O–H groups in total. The highest BCUT2D eigenvalue weighted by atomic mass is 79.9. The summed E-state index contributed by atoms with van der Waals surface area (Å²) >= 11 is 9.58. The van der Waals surface area contributed by atoms with E-state index in [0.717, 1.165) is 0 Å². The van der Waals surface area contributed by atoms with Crippen LogP contribution in [-0.4, -0.2) is 45.6 Å². The molecular formula is C32H31BrClFN4O5. The lowest BCUT2D eigenvalue weighted by atomic mass is 10.1. The van der Waals surface area contributed by atoms with Crippen LogP contribution in [0.4, 0.5) is 4.39 Å². The van der Waals surface area contributed by atoms with Crippen LogP contribution in [0.2, 0.25) is 5.02 Å². The molecule has 2 heterocycles. The van der Waals surface area contributed by atoms with Crippen LogP contribution in [0.1, 0.15) is 58.9 Å². The van der Waals surface area contributed by atoms with Gasteiger partial charge in [0.25, 0.3) is 11.8 Å². The van der Waals surface area contributed by atoms with E-state index in [0.29, 0.717) is 37.9 Å². The molecular weight excluding hydrogens is 655 g/mol. The summed E-state index contributed by atoms with van der Waals surface area (Å²) in [7, 11) is 1.44. The smallest absolute Gasteiger partial charge is 0.333 e. The van der Waals surface area contributed by atoms with Gasteiger partial charge in [0.15, 0.2) is 0 Å². The number of methoxy groups -OCH3 is 1. The van der Waals surface area contributed by atoms with Crippen LogP contribution in [0.3, 0.4) is 0 Å². The fraction of sp³-hybridized carbons (Fsp3) is 0.281. The zero-order valence-corrected chi connectivity index (χ0v) is 26.9. The normalized spacial score (nSPS) is 13.4. The number of hydrogen-bond acceptors (Lipinski definition) is 5. The molecule has 230 valence electrons. The van der Waals surface area contributed by atoms with E-state index in [2.05, 4.69) is 21.2 Å². The number of amides is 2. The van der Waals surface area contributed by atoms with E-state index < -0.39 is 23.5 Å². The Morgan fingerprint density at radius 3 is 2.34 bits per heavy atom. The van der Waals surface area contributed by atoms with E-state index in [1.165, 1.54) is 22.3 Å². The maximum absolute atomic E-state index is 14.9. The van der Waals surface area contributed by atoms with E-state index in [1.54, 1.807) is 66.4 Å². The van der Waals surface area contributed by atoms with Crippen molar-refractivity contribution in [2.45, 2.75) is 46.0 Å². The molecule has 0 fully saturated rings. The minimum atomic E-state index is -0.749. The van der Waals surface area contributed by atoms with Gasteiger partial charge in [-0.2, -0.15) is 0 Å². The van der Waals surface area contributed by atoms with Gasteiger partial charge in [0.05, 0.1) is 42.2 Å². The van der Waals surface area contributed by atoms with Crippen molar-refractivity contribution in [2.75, 3.05) is 13.7 Å². The number of aromatic nitrogens is 2. The van der Waals surface area contributed by atoms with Crippen LogP contribution in [0.15, 0.2) is 69.9 Å². The van der Waals surface area contributed by atoms with Crippen molar-refractivity contribution < 1.29 is 23.5 Å². The van der Waals surface area contributed by atoms with E-state index in [9.17, 15) is 18.8 Å². The quantitative estimate of drug-likeness (QED) is 0.241. The van der Waals surface area contributed by atoms with Crippen LogP contribution >= 0.6 is 27.5 Å². The molecule has 1 aliphatic heterocycles. The number of rotatable bonds is 8. The largest absolute Gasteiger partial charge is 0.497 e. The minimum Gasteiger partial charge on any atom is -0.497 e. The van der Waals surface area contributed by atoms with Crippen LogP contribution in [0.5, 0.6) is 11.5 Å². The zero-order valence-electron chi connectivity index (χ0n) is 24.6. The summed E-state index contributed by atoms with van der Waals surface area (Å²) in [5.74, 6) is -0.468. The van der Waals surface area contributed by atoms with Gasteiger partial charge >= 0.3 is 5.69 Å². The van der Waals surface area contributed by atoms with Crippen LogP contribution < -0.4 is 20.5 Å². The number of hydrogen-bond donors (Lipinski definition) is 1. The average molecular weight is 686 g/mol. The molecule has 0 bridgehead atoms. The second-order valence-electron chi connectivity index (χ2n) is 10.7. The Morgan fingerprint density at radius 1 is 1.00 bits per heavy atom. The third kappa shape index (κ3) is 6.25. The second kappa shape index (κ2) is 12.9. The number of imidazole rings is 1. The lowest BCUT2D eigenvalue weighted by molar-refractivity contribution is 0.0706. The van der Waals surface area contributed by atoms with E-state index >= 15 is 0 Å². The van der Waals surface area contributed by atoms with Crippen molar-refractivity contribution >= 4 is 39.3 Å². The van der Waals surface area contributed by atoms with Gasteiger partial charge in [0, 0.05) is 34.8 Å². The van der Waals surface area contributed by atoms with Gasteiger partial charge in [0.2, 0.25) is 0 Å². The Labute approximate surface area is 267 Å². The van der Waals surface area contributed by atoms with Crippen molar-refractivity contribution in [2.24, 2.45) is 0 Å². The van der Waals surface area contributed by atoms with E-state index in [4.69, 9.17) is 21.1 Å². The maximum atomic E-state index is 14.9. The van der Waals surface area contributed by atoms with Crippen LogP contribution in [0, 0.1) is 5.82 Å². The molecule has 3 aromatic carbocycles. The van der Waals surface area contributed by atoms with Gasteiger partial charge < -0.3 is 19.7 Å². The molecule has 5 rings (SSSR count). The first-order valence-corrected chi connectivity index (χ1v) is 15.2. The number of ether oxygens (including phenoxy) is 2. The van der Waals surface area contributed by atoms with Gasteiger partial charge in [-0.3, -0.25) is 18.7 Å². The average Bonchev–Trinajstić information content (AvgIpc) is 3.29. The highest BCUT2D eigenvalue weighted by Gasteiger charge is 2.33. The number of carbonyl (C=O) groups excluding carboxylic acids is 2. The van der Waals surface area contributed by atoms with E-state index in [1.807, 2.05) is 13.8 Å². The summed E-state index contributed by atoms with van der Waals surface area (Å²) in [6.45, 7) is 5.89. The Hall–Kier alpha value is -4.09. The van der Waals surface area contributed by atoms with Gasteiger partial charge in [-0.25, -0.2) is 9.18 Å². The van der Waals surface area contributed by atoms with Crippen molar-refractivity contribution in [1.29, 1.82) is 0 Å². The fourth-order valence-electron chi connectivity index (χ4n) is 5.19. The molecule has 12 heteroatoms. The Balaban J connectivity index is 1.55. The minimum absolute atomic E-state index is 0.00265. The predicted octanol–water partition coefficient (Wildman–Crippen LogP) is 6.14. The highest BCUT2D eigenvalue weighted by Crippen LogP contribution is 2.27. The van der Waals surface area contributed by atoms with Gasteiger partial charge in [0.1, 0.15) is 23.0 Å². The first kappa shape index (κ1) is 31.3. The molecule has 0 radical (unpaired) electrons. The molecule has 1 atom stereocenters. The molecule has 4 aromatic rings. The summed E-state index contributed by atoms with van der Waals surface area (Å²) in [4.78, 5) is 42.9. The number of benzene rings is 3. The predicted molar refractivity (Wildman–Crippen MR) is 169 cm³/mol. The summed E-state index contributed by atoms with van der Waals surface area (Å²) in [5.41, 5.74) is 1.06. The third-order valence-corrected chi connectivity index (χ3v) is 8.57.